The highest BCUT2D eigenvalue weighted by molar-refractivity contribution is 6.22. The molecular weight excluding hydrogens is 362 g/mol. The van der Waals surface area contributed by atoms with Crippen molar-refractivity contribution < 1.29 is 24.3 Å². The van der Waals surface area contributed by atoms with Gasteiger partial charge in [0.2, 0.25) is 0 Å². The number of imide groups is 1. The molecule has 2 aliphatic heterocycles. The van der Waals surface area contributed by atoms with Crippen LogP contribution >= 0.6 is 0 Å². The van der Waals surface area contributed by atoms with E-state index in [1.54, 1.807) is 31.2 Å². The second kappa shape index (κ2) is 7.35. The van der Waals surface area contributed by atoms with Crippen LogP contribution in [0.1, 0.15) is 60.7 Å². The molecule has 0 radical (unpaired) electrons. The number of hydrazine groups is 1. The minimum Gasteiger partial charge on any atom is -0.481 e. The lowest BCUT2D eigenvalue weighted by Gasteiger charge is -2.45. The molecular formula is C20H25N3O5. The van der Waals surface area contributed by atoms with Crippen molar-refractivity contribution in [3.8, 4) is 0 Å². The number of rotatable bonds is 5. The summed E-state index contributed by atoms with van der Waals surface area (Å²) in [5.41, 5.74) is 3.01. The topological polar surface area (TPSA) is 107 Å². The molecule has 0 bridgehead atoms. The Bertz CT molecular complexity index is 800. The van der Waals surface area contributed by atoms with E-state index >= 15 is 0 Å². The highest BCUT2D eigenvalue weighted by Crippen LogP contribution is 2.31. The number of amides is 3. The van der Waals surface area contributed by atoms with Gasteiger partial charge in [0, 0.05) is 6.54 Å². The predicted octanol–water partition coefficient (Wildman–Crippen LogP) is 1.67. The molecule has 3 rings (SSSR count). The first-order valence-electron chi connectivity index (χ1n) is 9.41. The van der Waals surface area contributed by atoms with Gasteiger partial charge in [0.1, 0.15) is 6.04 Å². The Balaban J connectivity index is 2.01. The molecule has 3 amide bonds. The Morgan fingerprint density at radius 2 is 1.75 bits per heavy atom. The third-order valence-electron chi connectivity index (χ3n) is 5.45. The van der Waals surface area contributed by atoms with E-state index in [9.17, 15) is 24.3 Å². The van der Waals surface area contributed by atoms with Gasteiger partial charge in [0.25, 0.3) is 17.7 Å². The quantitative estimate of drug-likeness (QED) is 0.744. The van der Waals surface area contributed by atoms with Crippen molar-refractivity contribution in [2.45, 2.75) is 51.6 Å². The molecule has 2 heterocycles. The lowest BCUT2D eigenvalue weighted by molar-refractivity contribution is -0.151. The van der Waals surface area contributed by atoms with Crippen LogP contribution in [0.25, 0.3) is 0 Å². The number of hydrogen-bond acceptors (Lipinski definition) is 5. The third kappa shape index (κ3) is 3.40. The number of nitrogens with zero attached hydrogens (tertiary/aromatic N) is 2. The number of nitrogens with one attached hydrogen (secondary N) is 1. The van der Waals surface area contributed by atoms with Crippen molar-refractivity contribution >= 4 is 23.7 Å². The zero-order valence-electron chi connectivity index (χ0n) is 16.3. The van der Waals surface area contributed by atoms with Crippen molar-refractivity contribution in [1.29, 1.82) is 0 Å². The lowest BCUT2D eigenvalue weighted by atomic mass is 9.91. The number of hydrogen-bond donors (Lipinski definition) is 2. The van der Waals surface area contributed by atoms with Crippen molar-refractivity contribution in [2.75, 3.05) is 6.54 Å². The molecule has 8 nitrogen and oxygen atoms in total. The highest BCUT2D eigenvalue weighted by atomic mass is 16.4. The van der Waals surface area contributed by atoms with Gasteiger partial charge in [-0.05, 0) is 44.7 Å². The molecule has 0 spiro atoms. The lowest BCUT2D eigenvalue weighted by Crippen LogP contribution is -2.65. The Kier molecular flexibility index (Phi) is 5.25. The van der Waals surface area contributed by atoms with Crippen LogP contribution in [0.5, 0.6) is 0 Å². The van der Waals surface area contributed by atoms with Gasteiger partial charge < -0.3 is 5.11 Å². The van der Waals surface area contributed by atoms with E-state index in [2.05, 4.69) is 5.43 Å². The van der Waals surface area contributed by atoms with Crippen LogP contribution in [0.4, 0.5) is 0 Å². The van der Waals surface area contributed by atoms with Gasteiger partial charge in [-0.1, -0.05) is 19.1 Å². The fraction of sp³-hybridized carbons (Fsp3) is 0.500. The van der Waals surface area contributed by atoms with Gasteiger partial charge >= 0.3 is 5.97 Å². The number of carbonyl (C=O) groups is 4. The maximum absolute atomic E-state index is 13.5. The fourth-order valence-corrected chi connectivity index (χ4v) is 4.00. The molecule has 28 heavy (non-hydrogen) atoms. The summed E-state index contributed by atoms with van der Waals surface area (Å²) in [6.07, 6.45) is 1.31. The predicted molar refractivity (Wildman–Crippen MR) is 100 cm³/mol. The number of carboxylic acid groups (broad SMARTS) is 1. The Labute approximate surface area is 163 Å². The third-order valence-corrected chi connectivity index (χ3v) is 5.45. The van der Waals surface area contributed by atoms with Gasteiger partial charge in [0.05, 0.1) is 23.1 Å². The first-order valence-corrected chi connectivity index (χ1v) is 9.41. The molecule has 2 aliphatic rings. The molecule has 2 atom stereocenters. The van der Waals surface area contributed by atoms with E-state index in [-0.39, 0.29) is 17.5 Å². The van der Waals surface area contributed by atoms with Crippen LogP contribution < -0.4 is 5.43 Å². The SMILES string of the molecule is C[C@@H](CC(=O)O)C(C(=O)N1NCCCC1(C)C)N1C(=O)c2ccccc2C1=O. The Morgan fingerprint density at radius 1 is 1.18 bits per heavy atom. The molecule has 0 saturated carbocycles. The minimum atomic E-state index is -1.20. The van der Waals surface area contributed by atoms with E-state index in [1.165, 1.54) is 5.01 Å². The number of benzene rings is 1. The van der Waals surface area contributed by atoms with E-state index in [0.717, 1.165) is 17.7 Å². The Hall–Kier alpha value is -2.74. The van der Waals surface area contributed by atoms with E-state index in [4.69, 9.17) is 0 Å². The molecule has 1 saturated heterocycles. The first-order chi connectivity index (χ1) is 13.1. The van der Waals surface area contributed by atoms with Gasteiger partial charge in [0.15, 0.2) is 0 Å². The van der Waals surface area contributed by atoms with Crippen LogP contribution in [0.15, 0.2) is 24.3 Å². The van der Waals surface area contributed by atoms with Crippen LogP contribution in [-0.4, -0.2) is 56.8 Å². The highest BCUT2D eigenvalue weighted by Gasteiger charge is 2.48. The van der Waals surface area contributed by atoms with Gasteiger partial charge in [-0.2, -0.15) is 0 Å². The smallest absolute Gasteiger partial charge is 0.303 e. The van der Waals surface area contributed by atoms with Crippen molar-refractivity contribution in [3.05, 3.63) is 35.4 Å². The van der Waals surface area contributed by atoms with Gasteiger partial charge in [-0.15, -0.1) is 0 Å². The number of aliphatic carboxylic acids is 1. The largest absolute Gasteiger partial charge is 0.481 e. The van der Waals surface area contributed by atoms with Gasteiger partial charge in [-0.25, -0.2) is 5.43 Å². The first kappa shape index (κ1) is 20.0. The van der Waals surface area contributed by atoms with Gasteiger partial charge in [-0.3, -0.25) is 29.1 Å². The molecule has 0 aromatic heterocycles. The van der Waals surface area contributed by atoms with E-state index in [1.807, 2.05) is 13.8 Å². The summed E-state index contributed by atoms with van der Waals surface area (Å²) in [7, 11) is 0. The molecule has 1 aromatic rings. The average Bonchev–Trinajstić information content (AvgIpc) is 2.86. The van der Waals surface area contributed by atoms with Crippen LogP contribution in [-0.2, 0) is 9.59 Å². The fourth-order valence-electron chi connectivity index (χ4n) is 4.00. The summed E-state index contributed by atoms with van der Waals surface area (Å²) in [5, 5.41) is 10.7. The zero-order chi connectivity index (χ0) is 20.6. The second-order valence-electron chi connectivity index (χ2n) is 8.04. The molecule has 1 unspecified atom stereocenters. The van der Waals surface area contributed by atoms with E-state index in [0.29, 0.717) is 6.54 Å². The second-order valence-corrected chi connectivity index (χ2v) is 8.04. The molecule has 2 N–H and O–H groups in total. The molecule has 1 aromatic carbocycles. The molecule has 0 aliphatic carbocycles. The number of fused-ring (bicyclic) bond motifs is 1. The average molecular weight is 387 g/mol. The van der Waals surface area contributed by atoms with Crippen molar-refractivity contribution in [3.63, 3.8) is 0 Å². The summed E-state index contributed by atoms with van der Waals surface area (Å²) in [6, 6.07) is 5.19. The summed E-state index contributed by atoms with van der Waals surface area (Å²) in [5.74, 6) is -3.43. The zero-order valence-corrected chi connectivity index (χ0v) is 16.3. The maximum atomic E-state index is 13.5. The van der Waals surface area contributed by atoms with Crippen molar-refractivity contribution in [1.82, 2.24) is 15.3 Å². The summed E-state index contributed by atoms with van der Waals surface area (Å²) in [4.78, 5) is 51.6. The van der Waals surface area contributed by atoms with Crippen LogP contribution in [0, 0.1) is 5.92 Å². The molecule has 8 heteroatoms. The molecule has 1 fully saturated rings. The Morgan fingerprint density at radius 3 is 2.25 bits per heavy atom. The van der Waals surface area contributed by atoms with E-state index < -0.39 is 41.2 Å². The summed E-state index contributed by atoms with van der Waals surface area (Å²) in [6.45, 7) is 5.98. The van der Waals surface area contributed by atoms with Crippen LogP contribution in [0.3, 0.4) is 0 Å². The summed E-state index contributed by atoms with van der Waals surface area (Å²) >= 11 is 0. The number of carbonyl (C=O) groups excluding carboxylic acids is 3. The summed E-state index contributed by atoms with van der Waals surface area (Å²) < 4.78 is 0. The molecule has 150 valence electrons. The minimum absolute atomic E-state index is 0.235. The monoisotopic (exact) mass is 387 g/mol. The van der Waals surface area contributed by atoms with Crippen LogP contribution in [0.2, 0.25) is 0 Å². The maximum Gasteiger partial charge on any atom is 0.303 e. The van der Waals surface area contributed by atoms with Crippen molar-refractivity contribution in [2.24, 2.45) is 5.92 Å². The normalized spacial score (nSPS) is 20.7. The standard InChI is InChI=1S/C20H25N3O5/c1-12(11-15(24)25)16(19(28)23-20(2,3)9-6-10-21-23)22-17(26)13-7-4-5-8-14(13)18(22)27/h4-5,7-8,12,16,21H,6,9-11H2,1-3H3,(H,24,25)/t12-,16?/m0/s1. The number of carboxylic acids is 1.